The van der Waals surface area contributed by atoms with Crippen LogP contribution in [-0.2, 0) is 9.59 Å². The van der Waals surface area contributed by atoms with Crippen molar-refractivity contribution in [1.82, 2.24) is 20.1 Å². The lowest BCUT2D eigenvalue weighted by Gasteiger charge is -2.38. The number of carbonyl (C=O) groups is 2. The zero-order valence-electron chi connectivity index (χ0n) is 19.3. The van der Waals surface area contributed by atoms with Crippen molar-refractivity contribution in [2.45, 2.75) is 44.3 Å². The van der Waals surface area contributed by atoms with Crippen molar-refractivity contribution in [2.75, 3.05) is 32.7 Å². The molecule has 34 heavy (non-hydrogen) atoms. The molecule has 9 heteroatoms. The van der Waals surface area contributed by atoms with E-state index in [-0.39, 0.29) is 23.9 Å². The zero-order chi connectivity index (χ0) is 23.7. The van der Waals surface area contributed by atoms with E-state index in [1.807, 2.05) is 43.3 Å². The Balaban J connectivity index is 1.24. The van der Waals surface area contributed by atoms with Gasteiger partial charge in [0.05, 0.1) is 24.6 Å². The molecule has 5 rings (SSSR count). The Hall–Kier alpha value is -2.68. The molecule has 0 radical (unpaired) electrons. The van der Waals surface area contributed by atoms with Gasteiger partial charge in [-0.25, -0.2) is 5.01 Å². The van der Waals surface area contributed by atoms with Gasteiger partial charge in [-0.05, 0) is 49.6 Å². The predicted molar refractivity (Wildman–Crippen MR) is 130 cm³/mol. The second-order valence-electron chi connectivity index (χ2n) is 9.30. The van der Waals surface area contributed by atoms with Gasteiger partial charge in [0.1, 0.15) is 11.8 Å². The summed E-state index contributed by atoms with van der Waals surface area (Å²) >= 11 is 6.05. The molecular formula is C25H30ClN5O3. The lowest BCUT2D eigenvalue weighted by molar-refractivity contribution is -0.139. The minimum atomic E-state index is -0.326. The summed E-state index contributed by atoms with van der Waals surface area (Å²) in [5.74, 6) is 0.771. The molecule has 1 N–H and O–H groups in total. The van der Waals surface area contributed by atoms with Crippen LogP contribution in [0, 0.1) is 0 Å². The van der Waals surface area contributed by atoms with E-state index in [0.717, 1.165) is 56.1 Å². The highest BCUT2D eigenvalue weighted by atomic mass is 35.5. The van der Waals surface area contributed by atoms with Crippen molar-refractivity contribution in [1.29, 1.82) is 0 Å². The summed E-state index contributed by atoms with van der Waals surface area (Å²) in [5.41, 5.74) is 1.78. The van der Waals surface area contributed by atoms with E-state index in [4.69, 9.17) is 21.1 Å². The molecule has 3 heterocycles. The Labute approximate surface area is 204 Å². The maximum absolute atomic E-state index is 13.6. The van der Waals surface area contributed by atoms with Crippen LogP contribution in [0.1, 0.15) is 43.6 Å². The number of hydrogen-bond acceptors (Lipinski definition) is 6. The van der Waals surface area contributed by atoms with Gasteiger partial charge in [-0.3, -0.25) is 19.4 Å². The van der Waals surface area contributed by atoms with Gasteiger partial charge in [0.2, 0.25) is 5.91 Å². The van der Waals surface area contributed by atoms with Crippen LogP contribution in [0.25, 0.3) is 0 Å². The number of carbonyl (C=O) groups excluding carboxylic acids is 2. The number of nitrogens with one attached hydrogen (secondary N) is 1. The maximum Gasteiger partial charge on any atom is 0.260 e. The molecular weight excluding hydrogens is 454 g/mol. The van der Waals surface area contributed by atoms with Crippen LogP contribution in [0.15, 0.2) is 52.2 Å². The van der Waals surface area contributed by atoms with Crippen LogP contribution in [-0.4, -0.2) is 77.1 Å². The summed E-state index contributed by atoms with van der Waals surface area (Å²) in [6.45, 7) is 5.35. The van der Waals surface area contributed by atoms with Crippen molar-refractivity contribution in [3.63, 3.8) is 0 Å². The lowest BCUT2D eigenvalue weighted by Crippen LogP contribution is -2.55. The number of nitrogens with zero attached hydrogens (tertiary/aromatic N) is 4. The third-order valence-electron chi connectivity index (χ3n) is 6.81. The summed E-state index contributed by atoms with van der Waals surface area (Å²) in [6, 6.07) is 11.0. The van der Waals surface area contributed by atoms with Crippen molar-refractivity contribution >= 4 is 29.1 Å². The van der Waals surface area contributed by atoms with Crippen molar-refractivity contribution in [3.05, 3.63) is 59.0 Å². The highest BCUT2D eigenvalue weighted by Crippen LogP contribution is 2.34. The molecule has 1 aromatic carbocycles. The number of halogens is 1. The van der Waals surface area contributed by atoms with Gasteiger partial charge in [0, 0.05) is 43.7 Å². The lowest BCUT2D eigenvalue weighted by atomic mass is 10.0. The van der Waals surface area contributed by atoms with Crippen LogP contribution < -0.4 is 5.32 Å². The molecule has 2 atom stereocenters. The maximum atomic E-state index is 13.6. The number of furan rings is 1. The highest BCUT2D eigenvalue weighted by Gasteiger charge is 2.39. The van der Waals surface area contributed by atoms with Crippen LogP contribution in [0.4, 0.5) is 0 Å². The van der Waals surface area contributed by atoms with E-state index in [0.29, 0.717) is 24.0 Å². The summed E-state index contributed by atoms with van der Waals surface area (Å²) in [7, 11) is 0. The number of benzene rings is 1. The topological polar surface area (TPSA) is 81.4 Å². The van der Waals surface area contributed by atoms with Crippen molar-refractivity contribution in [2.24, 2.45) is 5.10 Å². The number of amides is 2. The Bertz CT molecular complexity index is 1040. The van der Waals surface area contributed by atoms with Crippen molar-refractivity contribution in [3.8, 4) is 0 Å². The van der Waals surface area contributed by atoms with E-state index < -0.39 is 0 Å². The zero-order valence-corrected chi connectivity index (χ0v) is 20.1. The van der Waals surface area contributed by atoms with Gasteiger partial charge in [-0.15, -0.1) is 0 Å². The monoisotopic (exact) mass is 483 g/mol. The minimum absolute atomic E-state index is 0.0507. The number of hydrogen-bond donors (Lipinski definition) is 1. The average molecular weight is 484 g/mol. The normalized spacial score (nSPS) is 22.5. The Morgan fingerprint density at radius 2 is 1.88 bits per heavy atom. The van der Waals surface area contributed by atoms with Gasteiger partial charge in [0.25, 0.3) is 5.91 Å². The van der Waals surface area contributed by atoms with Gasteiger partial charge in [0.15, 0.2) is 0 Å². The molecule has 2 amide bonds. The number of rotatable bonds is 7. The number of piperazine rings is 1. The molecule has 3 aliphatic rings. The summed E-state index contributed by atoms with van der Waals surface area (Å²) in [4.78, 5) is 30.1. The molecule has 8 nitrogen and oxygen atoms in total. The van der Waals surface area contributed by atoms with Crippen LogP contribution in [0.2, 0.25) is 5.02 Å². The van der Waals surface area contributed by atoms with Gasteiger partial charge >= 0.3 is 0 Å². The van der Waals surface area contributed by atoms with Crippen molar-refractivity contribution < 1.29 is 14.0 Å². The van der Waals surface area contributed by atoms with Gasteiger partial charge in [-0.2, -0.15) is 5.10 Å². The first-order valence-corrected chi connectivity index (χ1v) is 12.3. The minimum Gasteiger partial charge on any atom is -0.467 e. The first-order chi connectivity index (χ1) is 16.5. The number of hydrazone groups is 1. The van der Waals surface area contributed by atoms with E-state index >= 15 is 0 Å². The van der Waals surface area contributed by atoms with E-state index in [1.165, 1.54) is 0 Å². The van der Waals surface area contributed by atoms with Crippen LogP contribution >= 0.6 is 11.6 Å². The van der Waals surface area contributed by atoms with Crippen LogP contribution in [0.3, 0.4) is 0 Å². The van der Waals surface area contributed by atoms with E-state index in [9.17, 15) is 9.59 Å². The first-order valence-electron chi connectivity index (χ1n) is 11.9. The average Bonchev–Trinajstić information content (AvgIpc) is 3.31. The molecule has 1 saturated heterocycles. The molecule has 2 fully saturated rings. The Morgan fingerprint density at radius 1 is 1.15 bits per heavy atom. The van der Waals surface area contributed by atoms with E-state index in [1.54, 1.807) is 11.3 Å². The van der Waals surface area contributed by atoms with Gasteiger partial charge < -0.3 is 9.73 Å². The third-order valence-corrected chi connectivity index (χ3v) is 7.06. The molecule has 2 unspecified atom stereocenters. The molecule has 1 saturated carbocycles. The summed E-state index contributed by atoms with van der Waals surface area (Å²) < 4.78 is 5.66. The van der Waals surface area contributed by atoms with Gasteiger partial charge in [-0.1, -0.05) is 23.7 Å². The second-order valence-corrected chi connectivity index (χ2v) is 9.74. The Morgan fingerprint density at radius 3 is 2.53 bits per heavy atom. The molecule has 180 valence electrons. The largest absolute Gasteiger partial charge is 0.467 e. The molecule has 1 aliphatic carbocycles. The van der Waals surface area contributed by atoms with Crippen LogP contribution in [0.5, 0.6) is 0 Å². The third kappa shape index (κ3) is 5.19. The molecule has 0 spiro atoms. The summed E-state index contributed by atoms with van der Waals surface area (Å²) in [6.07, 6.45) is 4.39. The fourth-order valence-corrected chi connectivity index (χ4v) is 4.72. The second kappa shape index (κ2) is 9.90. The quantitative estimate of drug-likeness (QED) is 0.655. The van der Waals surface area contributed by atoms with E-state index in [2.05, 4.69) is 15.1 Å². The smallest absolute Gasteiger partial charge is 0.260 e. The molecule has 1 aromatic heterocycles. The fraction of sp³-hybridized carbons (Fsp3) is 0.480. The SMILES string of the molecule is CC(C(=O)N1N=C(c2ccc(Cl)cc2)CC1c1ccco1)N1CCN(CC(=O)NC2CC2)CC1. The fourth-order valence-electron chi connectivity index (χ4n) is 4.59. The molecule has 2 aromatic rings. The molecule has 2 aliphatic heterocycles. The first kappa shape index (κ1) is 23.1. The molecule has 0 bridgehead atoms. The summed E-state index contributed by atoms with van der Waals surface area (Å²) in [5, 5.41) is 10.0. The Kier molecular flexibility index (Phi) is 6.72. The highest BCUT2D eigenvalue weighted by molar-refractivity contribution is 6.30. The standard InChI is InChI=1S/C25H30ClN5O3/c1-17(30-12-10-29(11-13-30)16-24(32)27-20-8-9-20)25(33)31-22(23-3-2-14-34-23)15-21(28-31)18-4-6-19(26)7-5-18/h2-7,14,17,20,22H,8-13,15-16H2,1H3,(H,27,32). The predicted octanol–water partition coefficient (Wildman–Crippen LogP) is 2.90.